The zero-order valence-electron chi connectivity index (χ0n) is 14.7. The second-order valence-corrected chi connectivity index (χ2v) is 6.93. The lowest BCUT2D eigenvalue weighted by Crippen LogP contribution is -2.48. The number of piperidine rings is 1. The first-order chi connectivity index (χ1) is 11.6. The predicted octanol–water partition coefficient (Wildman–Crippen LogP) is 2.71. The molecule has 1 aliphatic heterocycles. The van der Waals surface area contributed by atoms with Crippen LogP contribution in [0.2, 0.25) is 0 Å². The summed E-state index contributed by atoms with van der Waals surface area (Å²) in [6, 6.07) is 8.56. The van der Waals surface area contributed by atoms with E-state index in [1.54, 1.807) is 12.1 Å². The number of aromatic hydroxyl groups is 1. The van der Waals surface area contributed by atoms with Crippen LogP contribution in [0.5, 0.6) is 5.75 Å². The third kappa shape index (κ3) is 4.51. The summed E-state index contributed by atoms with van der Waals surface area (Å²) in [6.45, 7) is 4.43. The molecule has 1 aromatic heterocycles. The zero-order chi connectivity index (χ0) is 16.9. The van der Waals surface area contributed by atoms with E-state index in [0.29, 0.717) is 17.8 Å². The van der Waals surface area contributed by atoms with Crippen LogP contribution in [0.3, 0.4) is 0 Å². The van der Waals surface area contributed by atoms with E-state index >= 15 is 0 Å². The number of nitrogens with one attached hydrogen (secondary N) is 1. The van der Waals surface area contributed by atoms with Crippen molar-refractivity contribution in [1.82, 2.24) is 15.1 Å². The van der Waals surface area contributed by atoms with Gasteiger partial charge < -0.3 is 15.3 Å². The van der Waals surface area contributed by atoms with Gasteiger partial charge in [-0.1, -0.05) is 12.1 Å². The van der Waals surface area contributed by atoms with Gasteiger partial charge >= 0.3 is 0 Å². The van der Waals surface area contributed by atoms with Crippen LogP contribution in [0.15, 0.2) is 36.7 Å². The van der Waals surface area contributed by atoms with E-state index < -0.39 is 0 Å². The number of anilines is 1. The highest BCUT2D eigenvalue weighted by molar-refractivity contribution is 5.43. The molecule has 5 nitrogen and oxygen atoms in total. The topological polar surface area (TPSA) is 53.3 Å². The molecule has 0 radical (unpaired) electrons. The molecular formula is C19H28N4O. The normalized spacial score (nSPS) is 19.4. The minimum Gasteiger partial charge on any atom is -0.508 e. The quantitative estimate of drug-likeness (QED) is 0.856. The minimum atomic E-state index is 0.336. The van der Waals surface area contributed by atoms with Gasteiger partial charge in [-0.2, -0.15) is 5.10 Å². The van der Waals surface area contributed by atoms with Gasteiger partial charge in [0.2, 0.25) is 0 Å². The smallest absolute Gasteiger partial charge is 0.115 e. The average molecular weight is 328 g/mol. The summed E-state index contributed by atoms with van der Waals surface area (Å²) in [5, 5.41) is 17.4. The fourth-order valence-corrected chi connectivity index (χ4v) is 3.45. The molecule has 0 bridgehead atoms. The molecule has 130 valence electrons. The van der Waals surface area contributed by atoms with Gasteiger partial charge in [-0.3, -0.25) is 4.68 Å². The largest absolute Gasteiger partial charge is 0.508 e. The molecule has 0 unspecified atom stereocenters. The van der Waals surface area contributed by atoms with Crippen molar-refractivity contribution >= 4 is 5.69 Å². The van der Waals surface area contributed by atoms with Crippen molar-refractivity contribution in [2.24, 2.45) is 7.05 Å². The molecule has 1 aromatic carbocycles. The van der Waals surface area contributed by atoms with Crippen LogP contribution >= 0.6 is 0 Å². The standard InChI is InChI=1S/C19H28N4O/c1-15(5-6-16-7-9-19(24)10-8-16)21-17-4-3-11-23(13-17)18-12-20-22(2)14-18/h7-10,12,14-15,17,21,24H,3-6,11,13H2,1-2H3/t15-,17-/m1/s1. The Hall–Kier alpha value is -2.01. The number of aryl methyl sites for hydroxylation is 2. The number of hydrogen-bond donors (Lipinski definition) is 2. The Morgan fingerprint density at radius 1 is 1.33 bits per heavy atom. The molecular weight excluding hydrogens is 300 g/mol. The summed E-state index contributed by atoms with van der Waals surface area (Å²) in [7, 11) is 1.97. The predicted molar refractivity (Wildman–Crippen MR) is 97.5 cm³/mol. The van der Waals surface area contributed by atoms with E-state index in [2.05, 4.69) is 28.4 Å². The third-order valence-corrected chi connectivity index (χ3v) is 4.80. The first kappa shape index (κ1) is 16.8. The molecule has 2 atom stereocenters. The number of aromatic nitrogens is 2. The van der Waals surface area contributed by atoms with Gasteiger partial charge in [-0.05, 0) is 50.3 Å². The van der Waals surface area contributed by atoms with Crippen LogP contribution in [0.4, 0.5) is 5.69 Å². The third-order valence-electron chi connectivity index (χ3n) is 4.80. The lowest BCUT2D eigenvalue weighted by atomic mass is 10.0. The highest BCUT2D eigenvalue weighted by atomic mass is 16.3. The molecule has 0 saturated carbocycles. The fraction of sp³-hybridized carbons (Fsp3) is 0.526. The summed E-state index contributed by atoms with van der Waals surface area (Å²) in [6.07, 6.45) is 8.65. The number of phenolic OH excluding ortho intramolecular Hbond substituents is 1. The van der Waals surface area contributed by atoms with Crippen LogP contribution in [0.1, 0.15) is 31.7 Å². The Morgan fingerprint density at radius 2 is 2.12 bits per heavy atom. The molecule has 0 spiro atoms. The van der Waals surface area contributed by atoms with Crippen LogP contribution in [-0.4, -0.2) is 40.1 Å². The van der Waals surface area contributed by atoms with Gasteiger partial charge in [0.25, 0.3) is 0 Å². The molecule has 1 saturated heterocycles. The average Bonchev–Trinajstić information content (AvgIpc) is 3.01. The molecule has 2 heterocycles. The van der Waals surface area contributed by atoms with Crippen molar-refractivity contribution in [3.05, 3.63) is 42.2 Å². The molecule has 5 heteroatoms. The minimum absolute atomic E-state index is 0.336. The molecule has 0 amide bonds. The van der Waals surface area contributed by atoms with Crippen LogP contribution < -0.4 is 10.2 Å². The molecule has 2 aromatic rings. The Labute approximate surface area is 144 Å². The monoisotopic (exact) mass is 328 g/mol. The van der Waals surface area contributed by atoms with E-state index in [0.717, 1.165) is 25.9 Å². The van der Waals surface area contributed by atoms with Crippen molar-refractivity contribution in [3.8, 4) is 5.75 Å². The summed E-state index contributed by atoms with van der Waals surface area (Å²) in [4.78, 5) is 2.43. The van der Waals surface area contributed by atoms with Gasteiger partial charge in [0.05, 0.1) is 11.9 Å². The van der Waals surface area contributed by atoms with E-state index in [-0.39, 0.29) is 0 Å². The van der Waals surface area contributed by atoms with Crippen LogP contribution in [0, 0.1) is 0 Å². The first-order valence-electron chi connectivity index (χ1n) is 8.87. The van der Waals surface area contributed by atoms with Crippen molar-refractivity contribution in [2.45, 2.75) is 44.7 Å². The molecule has 1 fully saturated rings. The van der Waals surface area contributed by atoms with E-state index in [4.69, 9.17) is 0 Å². The maximum atomic E-state index is 9.35. The van der Waals surface area contributed by atoms with Gasteiger partial charge in [0.1, 0.15) is 5.75 Å². The fourth-order valence-electron chi connectivity index (χ4n) is 3.45. The Kier molecular flexibility index (Phi) is 5.41. The first-order valence-corrected chi connectivity index (χ1v) is 8.87. The maximum absolute atomic E-state index is 9.35. The second-order valence-electron chi connectivity index (χ2n) is 6.93. The SMILES string of the molecule is C[C@H](CCc1ccc(O)cc1)N[C@@H]1CCCN(c2cnn(C)c2)C1. The van der Waals surface area contributed by atoms with Gasteiger partial charge in [0, 0.05) is 38.4 Å². The summed E-state index contributed by atoms with van der Waals surface area (Å²) in [5.74, 6) is 0.336. The molecule has 2 N–H and O–H groups in total. The van der Waals surface area contributed by atoms with Gasteiger partial charge in [-0.15, -0.1) is 0 Å². The van der Waals surface area contributed by atoms with Crippen LogP contribution in [0.25, 0.3) is 0 Å². The lowest BCUT2D eigenvalue weighted by molar-refractivity contribution is 0.373. The highest BCUT2D eigenvalue weighted by Gasteiger charge is 2.22. The highest BCUT2D eigenvalue weighted by Crippen LogP contribution is 2.19. The lowest BCUT2D eigenvalue weighted by Gasteiger charge is -2.35. The zero-order valence-corrected chi connectivity index (χ0v) is 14.7. The second kappa shape index (κ2) is 7.71. The summed E-state index contributed by atoms with van der Waals surface area (Å²) < 4.78 is 1.87. The summed E-state index contributed by atoms with van der Waals surface area (Å²) in [5.41, 5.74) is 2.50. The number of benzene rings is 1. The molecule has 3 rings (SSSR count). The molecule has 1 aliphatic rings. The Bertz CT molecular complexity index is 637. The van der Waals surface area contributed by atoms with E-state index in [9.17, 15) is 5.11 Å². The van der Waals surface area contributed by atoms with E-state index in [1.807, 2.05) is 30.1 Å². The van der Waals surface area contributed by atoms with Crippen molar-refractivity contribution < 1.29 is 5.11 Å². The van der Waals surface area contributed by atoms with E-state index in [1.165, 1.54) is 24.1 Å². The van der Waals surface area contributed by atoms with Crippen molar-refractivity contribution in [3.63, 3.8) is 0 Å². The van der Waals surface area contributed by atoms with Gasteiger partial charge in [0.15, 0.2) is 0 Å². The van der Waals surface area contributed by atoms with Crippen LogP contribution in [-0.2, 0) is 13.5 Å². The number of phenols is 1. The van der Waals surface area contributed by atoms with Crippen molar-refractivity contribution in [1.29, 1.82) is 0 Å². The molecule has 24 heavy (non-hydrogen) atoms. The Balaban J connectivity index is 1.47. The van der Waals surface area contributed by atoms with Crippen molar-refractivity contribution in [2.75, 3.05) is 18.0 Å². The maximum Gasteiger partial charge on any atom is 0.115 e. The summed E-state index contributed by atoms with van der Waals surface area (Å²) >= 11 is 0. The Morgan fingerprint density at radius 3 is 2.83 bits per heavy atom. The van der Waals surface area contributed by atoms with Gasteiger partial charge in [-0.25, -0.2) is 0 Å². The molecule has 0 aliphatic carbocycles. The number of rotatable bonds is 6. The number of nitrogens with zero attached hydrogens (tertiary/aromatic N) is 3. The number of hydrogen-bond acceptors (Lipinski definition) is 4.